The second-order valence-electron chi connectivity index (χ2n) is 5.24. The van der Waals surface area contributed by atoms with Crippen molar-refractivity contribution in [3.63, 3.8) is 0 Å². The van der Waals surface area contributed by atoms with Crippen LogP contribution in [-0.4, -0.2) is 24.3 Å². The minimum atomic E-state index is -0.330. The van der Waals surface area contributed by atoms with Gasteiger partial charge in [-0.05, 0) is 31.4 Å². The lowest BCUT2D eigenvalue weighted by atomic mass is 9.95. The highest BCUT2D eigenvalue weighted by Gasteiger charge is 2.26. The lowest BCUT2D eigenvalue weighted by molar-refractivity contribution is 0.0970. The fraction of sp³-hybridized carbons (Fsp3) is 0.571. The van der Waals surface area contributed by atoms with E-state index in [-0.39, 0.29) is 23.9 Å². The van der Waals surface area contributed by atoms with Crippen LogP contribution in [0.2, 0.25) is 0 Å². The molecule has 1 aliphatic heterocycles. The van der Waals surface area contributed by atoms with Gasteiger partial charge in [0.2, 0.25) is 0 Å². The molecule has 18 heavy (non-hydrogen) atoms. The number of nitrogens with two attached hydrogens (primary N) is 1. The van der Waals surface area contributed by atoms with E-state index in [9.17, 15) is 9.50 Å². The van der Waals surface area contributed by atoms with E-state index >= 15 is 0 Å². The zero-order chi connectivity index (χ0) is 13.3. The molecule has 3 atom stereocenters. The number of nitrogens with zero attached hydrogens (tertiary/aromatic N) is 1. The number of hydrogen-bond donors (Lipinski definition) is 2. The maximum Gasteiger partial charge on any atom is 0.130 e. The summed E-state index contributed by atoms with van der Waals surface area (Å²) in [5.41, 5.74) is 7.30. The molecular formula is C14H21FN2O. The van der Waals surface area contributed by atoms with Crippen molar-refractivity contribution in [3.05, 3.63) is 29.6 Å². The van der Waals surface area contributed by atoms with Crippen molar-refractivity contribution in [2.75, 3.05) is 18.0 Å². The summed E-state index contributed by atoms with van der Waals surface area (Å²) in [4.78, 5) is 2.12. The summed E-state index contributed by atoms with van der Waals surface area (Å²) in [5.74, 6) is -0.0516. The molecular weight excluding hydrogens is 231 g/mol. The topological polar surface area (TPSA) is 49.5 Å². The number of halogens is 1. The lowest BCUT2D eigenvalue weighted by Gasteiger charge is -2.37. The van der Waals surface area contributed by atoms with Crippen LogP contribution in [0.25, 0.3) is 0 Å². The van der Waals surface area contributed by atoms with Crippen LogP contribution in [0.15, 0.2) is 18.2 Å². The molecule has 0 saturated carbocycles. The minimum Gasteiger partial charge on any atom is -0.393 e. The Morgan fingerprint density at radius 1 is 1.50 bits per heavy atom. The lowest BCUT2D eigenvalue weighted by Crippen LogP contribution is -2.42. The van der Waals surface area contributed by atoms with Crippen LogP contribution in [0.4, 0.5) is 10.1 Å². The number of benzene rings is 1. The van der Waals surface area contributed by atoms with Crippen LogP contribution >= 0.6 is 0 Å². The molecule has 0 spiro atoms. The minimum absolute atomic E-state index is 0.197. The molecule has 1 aromatic carbocycles. The van der Waals surface area contributed by atoms with Crippen molar-refractivity contribution in [1.82, 2.24) is 0 Å². The number of aliphatic hydroxyl groups is 1. The van der Waals surface area contributed by atoms with Gasteiger partial charge in [-0.2, -0.15) is 0 Å². The third kappa shape index (κ3) is 2.49. The van der Waals surface area contributed by atoms with E-state index in [1.165, 1.54) is 6.07 Å². The Morgan fingerprint density at radius 2 is 2.22 bits per heavy atom. The number of hydrogen-bond acceptors (Lipinski definition) is 3. The first-order valence-electron chi connectivity index (χ1n) is 6.47. The third-order valence-corrected chi connectivity index (χ3v) is 3.69. The average molecular weight is 252 g/mol. The van der Waals surface area contributed by atoms with Crippen LogP contribution < -0.4 is 10.6 Å². The van der Waals surface area contributed by atoms with Gasteiger partial charge in [0.05, 0.1) is 6.10 Å². The molecule has 0 amide bonds. The standard InChI is InChI=1S/C14H21FN2O/c1-9-8-17(7-6-13(9)18)12-5-3-4-11(15)14(12)10(2)16/h3-5,9-10,13,18H,6-8,16H2,1-2H3. The van der Waals surface area contributed by atoms with E-state index in [1.54, 1.807) is 13.0 Å². The van der Waals surface area contributed by atoms with Gasteiger partial charge in [0.15, 0.2) is 0 Å². The molecule has 1 saturated heterocycles. The molecule has 1 heterocycles. The Bertz CT molecular complexity index is 422. The molecule has 3 unspecified atom stereocenters. The Morgan fingerprint density at radius 3 is 2.83 bits per heavy atom. The van der Waals surface area contributed by atoms with E-state index in [0.29, 0.717) is 5.56 Å². The van der Waals surface area contributed by atoms with Gasteiger partial charge in [0, 0.05) is 30.4 Å². The predicted octanol–water partition coefficient (Wildman–Crippen LogP) is 2.05. The SMILES string of the molecule is CC(N)c1c(F)cccc1N1CCC(O)C(C)C1. The Balaban J connectivity index is 2.31. The Labute approximate surface area is 107 Å². The highest BCUT2D eigenvalue weighted by Crippen LogP contribution is 2.31. The molecule has 0 aliphatic carbocycles. The molecule has 4 heteroatoms. The van der Waals surface area contributed by atoms with Crippen molar-refractivity contribution >= 4 is 5.69 Å². The van der Waals surface area contributed by atoms with Crippen molar-refractivity contribution < 1.29 is 9.50 Å². The third-order valence-electron chi connectivity index (χ3n) is 3.69. The Hall–Kier alpha value is -1.13. The van der Waals surface area contributed by atoms with Crippen molar-refractivity contribution in [2.24, 2.45) is 11.7 Å². The quantitative estimate of drug-likeness (QED) is 0.847. The molecule has 0 aromatic heterocycles. The van der Waals surface area contributed by atoms with Crippen LogP contribution in [0.5, 0.6) is 0 Å². The molecule has 3 N–H and O–H groups in total. The summed E-state index contributed by atoms with van der Waals surface area (Å²) in [6.07, 6.45) is 0.462. The zero-order valence-electron chi connectivity index (χ0n) is 10.9. The summed E-state index contributed by atoms with van der Waals surface area (Å²) >= 11 is 0. The summed E-state index contributed by atoms with van der Waals surface area (Å²) in [7, 11) is 0. The van der Waals surface area contributed by atoms with E-state index < -0.39 is 0 Å². The predicted molar refractivity (Wildman–Crippen MR) is 71.0 cm³/mol. The first kappa shape index (κ1) is 13.3. The smallest absolute Gasteiger partial charge is 0.130 e. The Kier molecular flexibility index (Phi) is 3.88. The number of piperidine rings is 1. The fourth-order valence-electron chi connectivity index (χ4n) is 2.60. The monoisotopic (exact) mass is 252 g/mol. The maximum absolute atomic E-state index is 13.9. The highest BCUT2D eigenvalue weighted by molar-refractivity contribution is 5.56. The van der Waals surface area contributed by atoms with Crippen molar-refractivity contribution in [3.8, 4) is 0 Å². The van der Waals surface area contributed by atoms with Gasteiger partial charge >= 0.3 is 0 Å². The van der Waals surface area contributed by atoms with Crippen molar-refractivity contribution in [2.45, 2.75) is 32.4 Å². The van der Waals surface area contributed by atoms with Gasteiger partial charge in [0.1, 0.15) is 5.82 Å². The summed E-state index contributed by atoms with van der Waals surface area (Å²) in [6.45, 7) is 5.30. The average Bonchev–Trinajstić information content (AvgIpc) is 2.32. The van der Waals surface area contributed by atoms with Crippen LogP contribution in [0.1, 0.15) is 31.9 Å². The van der Waals surface area contributed by atoms with Gasteiger partial charge in [0.25, 0.3) is 0 Å². The van der Waals surface area contributed by atoms with E-state index in [0.717, 1.165) is 25.2 Å². The second-order valence-corrected chi connectivity index (χ2v) is 5.24. The van der Waals surface area contributed by atoms with Gasteiger partial charge in [-0.1, -0.05) is 13.0 Å². The molecule has 0 bridgehead atoms. The zero-order valence-corrected chi connectivity index (χ0v) is 10.9. The van der Waals surface area contributed by atoms with Gasteiger partial charge in [-0.3, -0.25) is 0 Å². The van der Waals surface area contributed by atoms with Gasteiger partial charge in [-0.15, -0.1) is 0 Å². The summed E-state index contributed by atoms with van der Waals surface area (Å²) in [6, 6.07) is 4.74. The van der Waals surface area contributed by atoms with Gasteiger partial charge < -0.3 is 15.7 Å². The number of aliphatic hydroxyl groups excluding tert-OH is 1. The van der Waals surface area contributed by atoms with Crippen LogP contribution in [0, 0.1) is 11.7 Å². The van der Waals surface area contributed by atoms with E-state index in [4.69, 9.17) is 5.73 Å². The molecule has 1 aliphatic rings. The number of rotatable bonds is 2. The first-order chi connectivity index (χ1) is 8.50. The first-order valence-corrected chi connectivity index (χ1v) is 6.47. The normalized spacial score (nSPS) is 26.2. The fourth-order valence-corrected chi connectivity index (χ4v) is 2.60. The second kappa shape index (κ2) is 5.24. The largest absolute Gasteiger partial charge is 0.393 e. The van der Waals surface area contributed by atoms with E-state index in [1.807, 2.05) is 13.0 Å². The molecule has 2 rings (SSSR count). The summed E-state index contributed by atoms with van der Waals surface area (Å²) < 4.78 is 13.9. The molecule has 1 fully saturated rings. The molecule has 100 valence electrons. The summed E-state index contributed by atoms with van der Waals surface area (Å²) in [5, 5.41) is 9.75. The maximum atomic E-state index is 13.9. The number of anilines is 1. The van der Waals surface area contributed by atoms with Crippen LogP contribution in [-0.2, 0) is 0 Å². The molecule has 3 nitrogen and oxygen atoms in total. The van der Waals surface area contributed by atoms with Gasteiger partial charge in [-0.25, -0.2) is 4.39 Å². The molecule has 0 radical (unpaired) electrons. The van der Waals surface area contributed by atoms with Crippen molar-refractivity contribution in [1.29, 1.82) is 0 Å². The molecule has 1 aromatic rings. The van der Waals surface area contributed by atoms with Crippen LogP contribution in [0.3, 0.4) is 0 Å². The highest BCUT2D eigenvalue weighted by atomic mass is 19.1. The van der Waals surface area contributed by atoms with E-state index in [2.05, 4.69) is 4.90 Å².